The standard InChI is InChI=1S/C27H19FN2O3S/c1-16-25(34-26(29-16)18-8-4-2-5-9-18)23(31)21-22(17-12-14-19(28)15-13-17)30(27(33)24(21)32)20-10-6-3-7-11-20/h2-15,22,32H,1H3. The van der Waals surface area contributed by atoms with Gasteiger partial charge in [-0.25, -0.2) is 9.37 Å². The first kappa shape index (κ1) is 21.7. The molecule has 1 aromatic heterocycles. The Morgan fingerprint density at radius 1 is 0.971 bits per heavy atom. The van der Waals surface area contributed by atoms with Crippen molar-refractivity contribution in [1.29, 1.82) is 0 Å². The lowest BCUT2D eigenvalue weighted by atomic mass is 9.95. The number of rotatable bonds is 5. The molecule has 3 aromatic carbocycles. The maximum Gasteiger partial charge on any atom is 0.294 e. The summed E-state index contributed by atoms with van der Waals surface area (Å²) < 4.78 is 13.7. The fourth-order valence-electron chi connectivity index (χ4n) is 4.09. The van der Waals surface area contributed by atoms with Crippen molar-refractivity contribution in [1.82, 2.24) is 4.98 Å². The fourth-order valence-corrected chi connectivity index (χ4v) is 5.11. The van der Waals surface area contributed by atoms with E-state index in [2.05, 4.69) is 4.98 Å². The van der Waals surface area contributed by atoms with Gasteiger partial charge in [0.2, 0.25) is 5.78 Å². The summed E-state index contributed by atoms with van der Waals surface area (Å²) in [6.45, 7) is 1.73. The van der Waals surface area contributed by atoms with Crippen LogP contribution in [0, 0.1) is 12.7 Å². The van der Waals surface area contributed by atoms with E-state index in [1.807, 2.05) is 36.4 Å². The van der Waals surface area contributed by atoms with E-state index in [1.165, 1.54) is 40.5 Å². The number of anilines is 1. The van der Waals surface area contributed by atoms with Crippen LogP contribution in [0.4, 0.5) is 10.1 Å². The van der Waals surface area contributed by atoms with Gasteiger partial charge in [-0.2, -0.15) is 0 Å². The van der Waals surface area contributed by atoms with Gasteiger partial charge in [0.15, 0.2) is 5.76 Å². The van der Waals surface area contributed by atoms with Gasteiger partial charge >= 0.3 is 0 Å². The van der Waals surface area contributed by atoms with Gasteiger partial charge in [-0.05, 0) is 36.8 Å². The van der Waals surface area contributed by atoms with Crippen molar-refractivity contribution in [2.75, 3.05) is 4.90 Å². The Morgan fingerprint density at radius 2 is 1.59 bits per heavy atom. The van der Waals surface area contributed by atoms with E-state index in [1.54, 1.807) is 31.2 Å². The number of Topliss-reactive ketones (excluding diaryl/α,β-unsaturated/α-hetero) is 1. The number of hydrogen-bond donors (Lipinski definition) is 1. The van der Waals surface area contributed by atoms with Crippen molar-refractivity contribution in [2.45, 2.75) is 13.0 Å². The number of aliphatic hydroxyl groups is 1. The molecule has 1 unspecified atom stereocenters. The molecule has 1 atom stereocenters. The van der Waals surface area contributed by atoms with Crippen molar-refractivity contribution in [3.8, 4) is 10.6 Å². The molecule has 4 aromatic rings. The van der Waals surface area contributed by atoms with Crippen LogP contribution in [0.5, 0.6) is 0 Å². The SMILES string of the molecule is Cc1nc(-c2ccccc2)sc1C(=O)C1=C(O)C(=O)N(c2ccccc2)C1c1ccc(F)cc1. The normalized spacial score (nSPS) is 15.8. The minimum atomic E-state index is -0.912. The van der Waals surface area contributed by atoms with E-state index in [0.29, 0.717) is 26.8 Å². The Bertz CT molecular complexity index is 1410. The molecule has 168 valence electrons. The van der Waals surface area contributed by atoms with Gasteiger partial charge in [0.25, 0.3) is 5.91 Å². The number of aliphatic hydroxyl groups excluding tert-OH is 1. The molecule has 1 amide bonds. The summed E-state index contributed by atoms with van der Waals surface area (Å²) in [4.78, 5) is 33.2. The molecule has 0 fully saturated rings. The first-order chi connectivity index (χ1) is 16.5. The van der Waals surface area contributed by atoms with E-state index >= 15 is 0 Å². The highest BCUT2D eigenvalue weighted by molar-refractivity contribution is 7.17. The summed E-state index contributed by atoms with van der Waals surface area (Å²) in [6, 6.07) is 22.9. The third-order valence-electron chi connectivity index (χ3n) is 5.70. The molecule has 1 aliphatic rings. The number of aromatic nitrogens is 1. The van der Waals surface area contributed by atoms with E-state index in [9.17, 15) is 19.1 Å². The minimum absolute atomic E-state index is 0.0492. The molecule has 0 aliphatic carbocycles. The summed E-state index contributed by atoms with van der Waals surface area (Å²) in [7, 11) is 0. The van der Waals surface area contributed by atoms with Crippen LogP contribution in [-0.2, 0) is 4.79 Å². The van der Waals surface area contributed by atoms with Crippen LogP contribution >= 0.6 is 11.3 Å². The Morgan fingerprint density at radius 3 is 2.24 bits per heavy atom. The topological polar surface area (TPSA) is 70.5 Å². The van der Waals surface area contributed by atoms with Crippen molar-refractivity contribution >= 4 is 28.7 Å². The van der Waals surface area contributed by atoms with Gasteiger partial charge in [-0.1, -0.05) is 60.7 Å². The van der Waals surface area contributed by atoms with Crippen LogP contribution < -0.4 is 4.90 Å². The number of carbonyl (C=O) groups excluding carboxylic acids is 2. The zero-order valence-electron chi connectivity index (χ0n) is 18.1. The fraction of sp³-hybridized carbons (Fsp3) is 0.0741. The molecule has 0 spiro atoms. The lowest BCUT2D eigenvalue weighted by Crippen LogP contribution is -2.31. The molecule has 1 aliphatic heterocycles. The number of halogens is 1. The lowest BCUT2D eigenvalue weighted by molar-refractivity contribution is -0.117. The molecule has 2 heterocycles. The summed E-state index contributed by atoms with van der Waals surface area (Å²) >= 11 is 1.21. The molecule has 1 N–H and O–H groups in total. The average Bonchev–Trinajstić information content (AvgIpc) is 3.38. The summed E-state index contributed by atoms with van der Waals surface area (Å²) in [5, 5.41) is 11.6. The number of para-hydroxylation sites is 1. The third-order valence-corrected chi connectivity index (χ3v) is 6.90. The minimum Gasteiger partial charge on any atom is -0.503 e. The molecule has 7 heteroatoms. The first-order valence-electron chi connectivity index (χ1n) is 10.6. The number of thiazole rings is 1. The second kappa shape index (κ2) is 8.68. The summed E-state index contributed by atoms with van der Waals surface area (Å²) in [5.74, 6) is -2.21. The number of ketones is 1. The van der Waals surface area contributed by atoms with E-state index in [-0.39, 0.29) is 5.57 Å². The monoisotopic (exact) mass is 470 g/mol. The van der Waals surface area contributed by atoms with E-state index in [0.717, 1.165) is 5.56 Å². The summed E-state index contributed by atoms with van der Waals surface area (Å²) in [5.41, 5.74) is 2.36. The number of amides is 1. The van der Waals surface area contributed by atoms with Gasteiger partial charge in [-0.15, -0.1) is 11.3 Å². The highest BCUT2D eigenvalue weighted by Crippen LogP contribution is 2.43. The van der Waals surface area contributed by atoms with Crippen molar-refractivity contribution < 1.29 is 19.1 Å². The molecule has 0 bridgehead atoms. The highest BCUT2D eigenvalue weighted by atomic mass is 32.1. The van der Waals surface area contributed by atoms with Crippen LogP contribution in [0.15, 0.2) is 96.3 Å². The molecule has 5 nitrogen and oxygen atoms in total. The predicted molar refractivity (Wildman–Crippen MR) is 129 cm³/mol. The Labute approximate surface area is 199 Å². The zero-order valence-corrected chi connectivity index (χ0v) is 18.9. The molecule has 34 heavy (non-hydrogen) atoms. The number of aryl methyl sites for hydroxylation is 1. The van der Waals surface area contributed by atoms with Gasteiger partial charge in [0.05, 0.1) is 22.2 Å². The Kier molecular flexibility index (Phi) is 5.55. The maximum atomic E-state index is 13.8. The van der Waals surface area contributed by atoms with Crippen LogP contribution in [0.25, 0.3) is 10.6 Å². The van der Waals surface area contributed by atoms with Crippen molar-refractivity contribution in [3.05, 3.63) is 118 Å². The largest absolute Gasteiger partial charge is 0.503 e. The van der Waals surface area contributed by atoms with Crippen LogP contribution in [0.3, 0.4) is 0 Å². The van der Waals surface area contributed by atoms with E-state index in [4.69, 9.17) is 0 Å². The van der Waals surface area contributed by atoms with Gasteiger partial charge in [0, 0.05) is 11.3 Å². The quantitative estimate of drug-likeness (QED) is 0.361. The predicted octanol–water partition coefficient (Wildman–Crippen LogP) is 6.04. The molecule has 0 saturated heterocycles. The van der Waals surface area contributed by atoms with Gasteiger partial charge < -0.3 is 5.11 Å². The molecule has 0 radical (unpaired) electrons. The number of carbonyl (C=O) groups is 2. The van der Waals surface area contributed by atoms with Crippen LogP contribution in [0.1, 0.15) is 27.0 Å². The zero-order chi connectivity index (χ0) is 23.8. The third kappa shape index (κ3) is 3.70. The molecular weight excluding hydrogens is 451 g/mol. The first-order valence-corrected chi connectivity index (χ1v) is 11.4. The second-order valence-electron chi connectivity index (χ2n) is 7.86. The maximum absolute atomic E-state index is 13.8. The highest BCUT2D eigenvalue weighted by Gasteiger charge is 2.45. The van der Waals surface area contributed by atoms with Gasteiger partial charge in [0.1, 0.15) is 10.8 Å². The molecule has 0 saturated carbocycles. The lowest BCUT2D eigenvalue weighted by Gasteiger charge is -2.26. The Balaban J connectivity index is 1.63. The number of hydrogen-bond acceptors (Lipinski definition) is 5. The van der Waals surface area contributed by atoms with Crippen molar-refractivity contribution in [2.24, 2.45) is 0 Å². The molecular formula is C27H19FN2O3S. The average molecular weight is 471 g/mol. The van der Waals surface area contributed by atoms with Crippen LogP contribution in [-0.4, -0.2) is 21.8 Å². The number of nitrogens with zero attached hydrogens (tertiary/aromatic N) is 2. The number of benzene rings is 3. The van der Waals surface area contributed by atoms with E-state index < -0.39 is 29.3 Å². The molecule has 5 rings (SSSR count). The second-order valence-corrected chi connectivity index (χ2v) is 8.85. The van der Waals surface area contributed by atoms with Crippen molar-refractivity contribution in [3.63, 3.8) is 0 Å². The summed E-state index contributed by atoms with van der Waals surface area (Å²) in [6.07, 6.45) is 0. The van der Waals surface area contributed by atoms with Crippen LogP contribution in [0.2, 0.25) is 0 Å². The van der Waals surface area contributed by atoms with Gasteiger partial charge in [-0.3, -0.25) is 14.5 Å². The smallest absolute Gasteiger partial charge is 0.294 e. The Hall–Kier alpha value is -4.10.